The number of hydrogen-bond donors (Lipinski definition) is 0. The highest BCUT2D eigenvalue weighted by molar-refractivity contribution is 5.78. The fourth-order valence-electron chi connectivity index (χ4n) is 1.48. The molecule has 0 aliphatic heterocycles. The Bertz CT molecular complexity index is 295. The van der Waals surface area contributed by atoms with Crippen molar-refractivity contribution in [3.8, 4) is 0 Å². The molecule has 0 spiro atoms. The van der Waals surface area contributed by atoms with Crippen LogP contribution in [0.4, 0.5) is 0 Å². The Morgan fingerprint density at radius 2 is 1.93 bits per heavy atom. The Morgan fingerprint density at radius 1 is 1.36 bits per heavy atom. The van der Waals surface area contributed by atoms with E-state index >= 15 is 0 Å². The monoisotopic (exact) mass is 192 g/mol. The molecule has 1 unspecified atom stereocenters. The van der Waals surface area contributed by atoms with Crippen molar-refractivity contribution in [2.24, 2.45) is 11.8 Å². The Kier molecular flexibility index (Phi) is 3.74. The molecule has 0 aliphatic carbocycles. The molecule has 1 aromatic rings. The minimum absolute atomic E-state index is 0.0393. The lowest BCUT2D eigenvalue weighted by atomic mass is 9.89. The summed E-state index contributed by atoms with van der Waals surface area (Å²) in [5.41, 5.74) is 0. The molecule has 0 aromatic carbocycles. The van der Waals surface area contributed by atoms with Crippen LogP contribution in [-0.4, -0.2) is 15.8 Å². The SMILES string of the molecule is CC(=O)C(Cc1ncccn1)C(C)C. The summed E-state index contributed by atoms with van der Waals surface area (Å²) < 4.78 is 0. The van der Waals surface area contributed by atoms with Crippen LogP contribution in [0.3, 0.4) is 0 Å². The van der Waals surface area contributed by atoms with Gasteiger partial charge in [0.05, 0.1) is 0 Å². The first kappa shape index (κ1) is 10.8. The molecule has 0 amide bonds. The molecule has 0 radical (unpaired) electrons. The smallest absolute Gasteiger partial charge is 0.133 e. The van der Waals surface area contributed by atoms with Gasteiger partial charge in [-0.1, -0.05) is 13.8 Å². The maximum absolute atomic E-state index is 11.3. The zero-order valence-electron chi connectivity index (χ0n) is 8.90. The molecule has 1 heterocycles. The molecule has 0 saturated heterocycles. The van der Waals surface area contributed by atoms with Crippen molar-refractivity contribution < 1.29 is 4.79 Å². The van der Waals surface area contributed by atoms with Gasteiger partial charge in [-0.05, 0) is 18.9 Å². The van der Waals surface area contributed by atoms with Gasteiger partial charge >= 0.3 is 0 Å². The third kappa shape index (κ3) is 2.91. The highest BCUT2D eigenvalue weighted by Gasteiger charge is 2.19. The van der Waals surface area contributed by atoms with Crippen LogP contribution in [0, 0.1) is 11.8 Å². The summed E-state index contributed by atoms with van der Waals surface area (Å²) in [6.45, 7) is 5.73. The van der Waals surface area contributed by atoms with Crippen molar-refractivity contribution in [1.82, 2.24) is 9.97 Å². The van der Waals surface area contributed by atoms with Crippen molar-refractivity contribution in [2.75, 3.05) is 0 Å². The van der Waals surface area contributed by atoms with E-state index in [1.807, 2.05) is 0 Å². The Hall–Kier alpha value is -1.25. The van der Waals surface area contributed by atoms with Crippen LogP contribution in [-0.2, 0) is 11.2 Å². The van der Waals surface area contributed by atoms with Gasteiger partial charge in [0.15, 0.2) is 0 Å². The fraction of sp³-hybridized carbons (Fsp3) is 0.545. The number of Topliss-reactive ketones (excluding diaryl/α,β-unsaturated/α-hetero) is 1. The molecule has 0 N–H and O–H groups in total. The van der Waals surface area contributed by atoms with Gasteiger partial charge in [0, 0.05) is 24.7 Å². The van der Waals surface area contributed by atoms with Gasteiger partial charge in [-0.3, -0.25) is 4.79 Å². The normalized spacial score (nSPS) is 12.9. The predicted molar refractivity (Wildman–Crippen MR) is 54.7 cm³/mol. The van der Waals surface area contributed by atoms with Crippen molar-refractivity contribution in [2.45, 2.75) is 27.2 Å². The van der Waals surface area contributed by atoms with Crippen molar-refractivity contribution in [3.05, 3.63) is 24.3 Å². The lowest BCUT2D eigenvalue weighted by Crippen LogP contribution is -2.21. The van der Waals surface area contributed by atoms with Crippen LogP contribution in [0.2, 0.25) is 0 Å². The third-order valence-corrected chi connectivity index (χ3v) is 2.35. The van der Waals surface area contributed by atoms with Crippen LogP contribution in [0.15, 0.2) is 18.5 Å². The largest absolute Gasteiger partial charge is 0.300 e. The standard InChI is InChI=1S/C11H16N2O/c1-8(2)10(9(3)14)7-11-12-5-4-6-13-11/h4-6,8,10H,7H2,1-3H3. The number of carbonyl (C=O) groups excluding carboxylic acids is 1. The molecular weight excluding hydrogens is 176 g/mol. The Balaban J connectivity index is 2.70. The minimum atomic E-state index is 0.0393. The lowest BCUT2D eigenvalue weighted by Gasteiger charge is -2.16. The quantitative estimate of drug-likeness (QED) is 0.731. The van der Waals surface area contributed by atoms with Gasteiger partial charge in [-0.15, -0.1) is 0 Å². The number of nitrogens with zero attached hydrogens (tertiary/aromatic N) is 2. The predicted octanol–water partition coefficient (Wildman–Crippen LogP) is 1.88. The maximum Gasteiger partial charge on any atom is 0.133 e. The molecule has 1 atom stereocenters. The zero-order valence-corrected chi connectivity index (χ0v) is 8.90. The van der Waals surface area contributed by atoms with E-state index in [0.29, 0.717) is 12.3 Å². The average molecular weight is 192 g/mol. The van der Waals surface area contributed by atoms with Crippen molar-refractivity contribution >= 4 is 5.78 Å². The molecule has 1 aromatic heterocycles. The zero-order chi connectivity index (χ0) is 10.6. The van der Waals surface area contributed by atoms with E-state index < -0.39 is 0 Å². The van der Waals surface area contributed by atoms with E-state index in [-0.39, 0.29) is 11.7 Å². The van der Waals surface area contributed by atoms with Gasteiger partial charge in [-0.2, -0.15) is 0 Å². The summed E-state index contributed by atoms with van der Waals surface area (Å²) in [5, 5.41) is 0. The Labute approximate surface area is 84.6 Å². The third-order valence-electron chi connectivity index (χ3n) is 2.35. The highest BCUT2D eigenvalue weighted by atomic mass is 16.1. The highest BCUT2D eigenvalue weighted by Crippen LogP contribution is 2.15. The van der Waals surface area contributed by atoms with E-state index in [4.69, 9.17) is 0 Å². The van der Waals surface area contributed by atoms with Crippen LogP contribution in [0.5, 0.6) is 0 Å². The number of aromatic nitrogens is 2. The van der Waals surface area contributed by atoms with Crippen LogP contribution < -0.4 is 0 Å². The van der Waals surface area contributed by atoms with E-state index in [2.05, 4.69) is 23.8 Å². The molecule has 0 fully saturated rings. The van der Waals surface area contributed by atoms with Crippen molar-refractivity contribution in [1.29, 1.82) is 0 Å². The molecule has 3 nitrogen and oxygen atoms in total. The first-order chi connectivity index (χ1) is 6.61. The summed E-state index contributed by atoms with van der Waals surface area (Å²) in [6.07, 6.45) is 4.06. The van der Waals surface area contributed by atoms with Gasteiger partial charge in [-0.25, -0.2) is 9.97 Å². The number of carbonyl (C=O) groups is 1. The van der Waals surface area contributed by atoms with Crippen LogP contribution in [0.1, 0.15) is 26.6 Å². The second-order valence-corrected chi connectivity index (χ2v) is 3.83. The number of rotatable bonds is 4. The van der Waals surface area contributed by atoms with E-state index in [1.54, 1.807) is 25.4 Å². The van der Waals surface area contributed by atoms with Gasteiger partial charge in [0.2, 0.25) is 0 Å². The van der Waals surface area contributed by atoms with Gasteiger partial charge in [0.1, 0.15) is 11.6 Å². The molecule has 76 valence electrons. The first-order valence-electron chi connectivity index (χ1n) is 4.87. The van der Waals surface area contributed by atoms with E-state index in [9.17, 15) is 4.79 Å². The molecule has 1 rings (SSSR count). The number of ketones is 1. The minimum Gasteiger partial charge on any atom is -0.300 e. The summed E-state index contributed by atoms with van der Waals surface area (Å²) >= 11 is 0. The molecule has 0 saturated carbocycles. The summed E-state index contributed by atoms with van der Waals surface area (Å²) in [5.74, 6) is 1.35. The molecule has 14 heavy (non-hydrogen) atoms. The number of hydrogen-bond acceptors (Lipinski definition) is 3. The Morgan fingerprint density at radius 3 is 2.36 bits per heavy atom. The first-order valence-corrected chi connectivity index (χ1v) is 4.87. The summed E-state index contributed by atoms with van der Waals surface area (Å²) in [7, 11) is 0. The van der Waals surface area contributed by atoms with Crippen molar-refractivity contribution in [3.63, 3.8) is 0 Å². The van der Waals surface area contributed by atoms with Gasteiger partial charge < -0.3 is 0 Å². The molecule has 0 bridgehead atoms. The van der Waals surface area contributed by atoms with E-state index in [1.165, 1.54) is 0 Å². The lowest BCUT2D eigenvalue weighted by molar-refractivity contribution is -0.122. The molecule has 3 heteroatoms. The second-order valence-electron chi connectivity index (χ2n) is 3.83. The maximum atomic E-state index is 11.3. The van der Waals surface area contributed by atoms with Gasteiger partial charge in [0.25, 0.3) is 0 Å². The summed E-state index contributed by atoms with van der Waals surface area (Å²) in [4.78, 5) is 19.6. The average Bonchev–Trinajstić information content (AvgIpc) is 2.15. The summed E-state index contributed by atoms with van der Waals surface area (Å²) in [6, 6.07) is 1.78. The van der Waals surface area contributed by atoms with Crippen LogP contribution >= 0.6 is 0 Å². The molecular formula is C11H16N2O. The van der Waals surface area contributed by atoms with E-state index in [0.717, 1.165) is 5.82 Å². The van der Waals surface area contributed by atoms with Crippen LogP contribution in [0.25, 0.3) is 0 Å². The topological polar surface area (TPSA) is 42.9 Å². The fourth-order valence-corrected chi connectivity index (χ4v) is 1.48. The second kappa shape index (κ2) is 4.84. The molecule has 0 aliphatic rings.